The fourth-order valence-electron chi connectivity index (χ4n) is 2.76. The summed E-state index contributed by atoms with van der Waals surface area (Å²) < 4.78 is 0.431. The van der Waals surface area contributed by atoms with Crippen LogP contribution >= 0.6 is 12.2 Å². The fourth-order valence-corrected chi connectivity index (χ4v) is 3.00. The van der Waals surface area contributed by atoms with E-state index in [9.17, 15) is 4.79 Å². The fraction of sp³-hybridized carbons (Fsp3) is 0.412. The smallest absolute Gasteiger partial charge is 0.255 e. The third kappa shape index (κ3) is 4.17. The maximum Gasteiger partial charge on any atom is 0.255 e. The second kappa shape index (κ2) is 8.01. The van der Waals surface area contributed by atoms with Gasteiger partial charge in [-0.3, -0.25) is 9.78 Å². The molecule has 2 aromatic heterocycles. The van der Waals surface area contributed by atoms with Crippen molar-refractivity contribution in [2.24, 2.45) is 0 Å². The van der Waals surface area contributed by atoms with Crippen molar-refractivity contribution < 1.29 is 4.79 Å². The number of piperidine rings is 1. The Hall–Kier alpha value is -2.28. The van der Waals surface area contributed by atoms with Gasteiger partial charge in [0, 0.05) is 44.1 Å². The monoisotopic (exact) mass is 343 g/mol. The number of carbonyl (C=O) groups is 1. The van der Waals surface area contributed by atoms with Gasteiger partial charge in [0.25, 0.3) is 5.91 Å². The largest absolute Gasteiger partial charge is 0.352 e. The molecule has 1 amide bonds. The van der Waals surface area contributed by atoms with E-state index in [2.05, 4.69) is 25.2 Å². The molecule has 6 nitrogen and oxygen atoms in total. The predicted octanol–water partition coefficient (Wildman–Crippen LogP) is 2.50. The molecular formula is C17H21N5OS. The Bertz CT molecular complexity index is 740. The molecule has 24 heavy (non-hydrogen) atoms. The lowest BCUT2D eigenvalue weighted by molar-refractivity contribution is 0.0953. The standard InChI is InChI=1S/C17H21N5OS/c23-15(19-9-7-13-6-2-3-8-18-13)14-12-20-17(21-16(14)24)22-10-4-1-5-11-22/h2-3,6,8,12H,1,4-5,7,9-11H2,(H,19,23)(H,20,21,24). The number of anilines is 1. The molecule has 0 aliphatic carbocycles. The zero-order chi connectivity index (χ0) is 16.8. The van der Waals surface area contributed by atoms with Crippen molar-refractivity contribution in [3.8, 4) is 0 Å². The van der Waals surface area contributed by atoms with Gasteiger partial charge in [0.15, 0.2) is 0 Å². The van der Waals surface area contributed by atoms with Crippen LogP contribution in [0.1, 0.15) is 35.3 Å². The van der Waals surface area contributed by atoms with E-state index in [1.165, 1.54) is 6.42 Å². The molecule has 0 spiro atoms. The number of nitrogens with one attached hydrogen (secondary N) is 2. The van der Waals surface area contributed by atoms with Gasteiger partial charge < -0.3 is 15.2 Å². The molecule has 0 bridgehead atoms. The highest BCUT2D eigenvalue weighted by Crippen LogP contribution is 2.15. The highest BCUT2D eigenvalue weighted by Gasteiger charge is 2.15. The van der Waals surface area contributed by atoms with Crippen LogP contribution in [0.3, 0.4) is 0 Å². The summed E-state index contributed by atoms with van der Waals surface area (Å²) in [4.78, 5) is 26.2. The maximum atomic E-state index is 12.3. The number of rotatable bonds is 5. The summed E-state index contributed by atoms with van der Waals surface area (Å²) in [7, 11) is 0. The number of pyridine rings is 1. The lowest BCUT2D eigenvalue weighted by atomic mass is 10.1. The van der Waals surface area contributed by atoms with E-state index in [0.717, 1.165) is 37.6 Å². The van der Waals surface area contributed by atoms with Crippen LogP contribution in [-0.4, -0.2) is 40.5 Å². The number of hydrogen-bond donors (Lipinski definition) is 2. The Balaban J connectivity index is 1.59. The zero-order valence-corrected chi connectivity index (χ0v) is 14.3. The minimum absolute atomic E-state index is 0.204. The first-order chi connectivity index (χ1) is 11.7. The lowest BCUT2D eigenvalue weighted by Gasteiger charge is -2.27. The van der Waals surface area contributed by atoms with Crippen molar-refractivity contribution in [3.05, 3.63) is 46.5 Å². The molecule has 3 heterocycles. The summed E-state index contributed by atoms with van der Waals surface area (Å²) in [5.41, 5.74) is 1.35. The van der Waals surface area contributed by atoms with Gasteiger partial charge in [-0.1, -0.05) is 18.3 Å². The summed E-state index contributed by atoms with van der Waals surface area (Å²) in [5.74, 6) is 0.551. The van der Waals surface area contributed by atoms with Crippen molar-refractivity contribution >= 4 is 24.1 Å². The first-order valence-corrected chi connectivity index (χ1v) is 8.67. The van der Waals surface area contributed by atoms with Crippen LogP contribution in [0.15, 0.2) is 30.6 Å². The van der Waals surface area contributed by atoms with Crippen molar-refractivity contribution in [3.63, 3.8) is 0 Å². The Morgan fingerprint density at radius 1 is 1.25 bits per heavy atom. The maximum absolute atomic E-state index is 12.3. The van der Waals surface area contributed by atoms with Crippen molar-refractivity contribution in [1.29, 1.82) is 0 Å². The molecule has 1 fully saturated rings. The van der Waals surface area contributed by atoms with Gasteiger partial charge in [0.2, 0.25) is 5.95 Å². The molecule has 1 aliphatic rings. The topological polar surface area (TPSA) is 73.9 Å². The van der Waals surface area contributed by atoms with Crippen molar-refractivity contribution in [2.75, 3.05) is 24.5 Å². The average molecular weight is 343 g/mol. The van der Waals surface area contributed by atoms with Crippen molar-refractivity contribution in [2.45, 2.75) is 25.7 Å². The highest BCUT2D eigenvalue weighted by molar-refractivity contribution is 7.71. The number of H-pyrrole nitrogens is 1. The SMILES string of the molecule is O=C(NCCc1ccccn1)c1cnc(N2CCCCC2)[nH]c1=S. The average Bonchev–Trinajstić information content (AvgIpc) is 2.63. The van der Waals surface area contributed by atoms with E-state index in [-0.39, 0.29) is 5.91 Å². The molecule has 0 saturated carbocycles. The molecule has 0 atom stereocenters. The Morgan fingerprint density at radius 2 is 2.08 bits per heavy atom. The van der Waals surface area contributed by atoms with Gasteiger partial charge >= 0.3 is 0 Å². The molecule has 1 saturated heterocycles. The number of aromatic nitrogens is 3. The third-order valence-corrected chi connectivity index (χ3v) is 4.40. The van der Waals surface area contributed by atoms with E-state index in [0.29, 0.717) is 23.2 Å². The van der Waals surface area contributed by atoms with Crippen LogP contribution in [-0.2, 0) is 6.42 Å². The second-order valence-corrected chi connectivity index (χ2v) is 6.23. The molecule has 3 rings (SSSR count). The minimum atomic E-state index is -0.204. The molecule has 126 valence electrons. The normalized spacial score (nSPS) is 14.4. The quantitative estimate of drug-likeness (QED) is 0.816. The highest BCUT2D eigenvalue weighted by atomic mass is 32.1. The number of carbonyl (C=O) groups excluding carboxylic acids is 1. The van der Waals surface area contributed by atoms with Crippen LogP contribution in [0.2, 0.25) is 0 Å². The Morgan fingerprint density at radius 3 is 2.79 bits per heavy atom. The van der Waals surface area contributed by atoms with Gasteiger partial charge in [0.05, 0.1) is 5.56 Å². The summed E-state index contributed by atoms with van der Waals surface area (Å²) in [6, 6.07) is 5.74. The summed E-state index contributed by atoms with van der Waals surface area (Å²) in [6.07, 6.45) is 7.59. The predicted molar refractivity (Wildman–Crippen MR) is 95.8 cm³/mol. The third-order valence-electron chi connectivity index (χ3n) is 4.08. The second-order valence-electron chi connectivity index (χ2n) is 5.82. The van der Waals surface area contributed by atoms with Gasteiger partial charge in [-0.25, -0.2) is 4.98 Å². The van der Waals surface area contributed by atoms with Gasteiger partial charge in [-0.05, 0) is 31.4 Å². The molecule has 1 aliphatic heterocycles. The van der Waals surface area contributed by atoms with E-state index in [1.807, 2.05) is 18.2 Å². The Labute approximate surface area is 146 Å². The van der Waals surface area contributed by atoms with Crippen LogP contribution in [0, 0.1) is 4.64 Å². The van der Waals surface area contributed by atoms with E-state index >= 15 is 0 Å². The number of hydrogen-bond acceptors (Lipinski definition) is 5. The van der Waals surface area contributed by atoms with Crippen molar-refractivity contribution in [1.82, 2.24) is 20.3 Å². The van der Waals surface area contributed by atoms with E-state index in [1.54, 1.807) is 12.4 Å². The molecule has 0 unspecified atom stereocenters. The number of amides is 1. The zero-order valence-electron chi connectivity index (χ0n) is 13.5. The summed E-state index contributed by atoms with van der Waals surface area (Å²) >= 11 is 5.33. The van der Waals surface area contributed by atoms with Crippen LogP contribution in [0.25, 0.3) is 0 Å². The van der Waals surface area contributed by atoms with Gasteiger partial charge in [-0.15, -0.1) is 0 Å². The van der Waals surface area contributed by atoms with Gasteiger partial charge in [-0.2, -0.15) is 0 Å². The summed E-state index contributed by atoms with van der Waals surface area (Å²) in [5, 5.41) is 2.87. The van der Waals surface area contributed by atoms with Crippen LogP contribution in [0.4, 0.5) is 5.95 Å². The molecule has 0 radical (unpaired) electrons. The number of aromatic amines is 1. The first kappa shape index (κ1) is 16.6. The first-order valence-electron chi connectivity index (χ1n) is 8.26. The summed E-state index contributed by atoms with van der Waals surface area (Å²) in [6.45, 7) is 2.47. The molecule has 2 N–H and O–H groups in total. The molecule has 2 aromatic rings. The van der Waals surface area contributed by atoms with E-state index < -0.39 is 0 Å². The van der Waals surface area contributed by atoms with Crippen LogP contribution in [0.5, 0.6) is 0 Å². The molecular weight excluding hydrogens is 322 g/mol. The Kier molecular flexibility index (Phi) is 5.53. The molecule has 0 aromatic carbocycles. The molecule has 7 heteroatoms. The van der Waals surface area contributed by atoms with E-state index in [4.69, 9.17) is 12.2 Å². The lowest BCUT2D eigenvalue weighted by Crippen LogP contribution is -2.31. The van der Waals surface area contributed by atoms with Crippen LogP contribution < -0.4 is 10.2 Å². The minimum Gasteiger partial charge on any atom is -0.352 e. The van der Waals surface area contributed by atoms with Gasteiger partial charge in [0.1, 0.15) is 4.64 Å². The number of nitrogens with zero attached hydrogens (tertiary/aromatic N) is 3.